The van der Waals surface area contributed by atoms with Gasteiger partial charge in [-0.2, -0.15) is 5.10 Å². The second kappa shape index (κ2) is 5.30. The summed E-state index contributed by atoms with van der Waals surface area (Å²) in [6.45, 7) is 5.87. The van der Waals surface area contributed by atoms with Crippen LogP contribution in [0.2, 0.25) is 5.15 Å². The molecule has 16 heavy (non-hydrogen) atoms. The first-order chi connectivity index (χ1) is 7.56. The van der Waals surface area contributed by atoms with E-state index in [9.17, 15) is 10.1 Å². The molecule has 0 aromatic carbocycles. The average molecular weight is 246 g/mol. The van der Waals surface area contributed by atoms with Crippen molar-refractivity contribution >= 4 is 17.3 Å². The zero-order valence-corrected chi connectivity index (χ0v) is 10.5. The quantitative estimate of drug-likeness (QED) is 0.590. The van der Waals surface area contributed by atoms with Gasteiger partial charge in [-0.25, -0.2) is 4.68 Å². The fourth-order valence-corrected chi connectivity index (χ4v) is 2.10. The number of hydrogen-bond donors (Lipinski definition) is 0. The maximum atomic E-state index is 10.9. The molecule has 0 spiro atoms. The molecule has 0 aliphatic heterocycles. The van der Waals surface area contributed by atoms with E-state index < -0.39 is 4.92 Å². The van der Waals surface area contributed by atoms with Crippen LogP contribution in [-0.4, -0.2) is 14.7 Å². The molecule has 6 heteroatoms. The zero-order chi connectivity index (χ0) is 12.3. The van der Waals surface area contributed by atoms with Gasteiger partial charge in [0.1, 0.15) is 5.69 Å². The van der Waals surface area contributed by atoms with Crippen LogP contribution in [0, 0.1) is 10.1 Å². The molecule has 0 bridgehead atoms. The number of nitro groups is 1. The molecule has 0 unspecified atom stereocenters. The lowest BCUT2D eigenvalue weighted by Gasteiger charge is -2.13. The monoisotopic (exact) mass is 245 g/mol. The molecule has 0 radical (unpaired) electrons. The number of nitrogens with zero attached hydrogens (tertiary/aromatic N) is 3. The third kappa shape index (κ3) is 2.19. The Morgan fingerprint density at radius 1 is 1.44 bits per heavy atom. The Labute approximate surface area is 99.5 Å². The first-order valence-electron chi connectivity index (χ1n) is 5.47. The molecule has 0 N–H and O–H groups in total. The molecule has 0 amide bonds. The number of rotatable bonds is 5. The third-order valence-corrected chi connectivity index (χ3v) is 3.06. The summed E-state index contributed by atoms with van der Waals surface area (Å²) in [5.41, 5.74) is 0.415. The normalized spacial score (nSPS) is 11.1. The van der Waals surface area contributed by atoms with Crippen LogP contribution in [0.25, 0.3) is 0 Å². The van der Waals surface area contributed by atoms with Gasteiger partial charge in [0.2, 0.25) is 5.15 Å². The van der Waals surface area contributed by atoms with Crippen molar-refractivity contribution in [1.82, 2.24) is 9.78 Å². The topological polar surface area (TPSA) is 61.0 Å². The summed E-state index contributed by atoms with van der Waals surface area (Å²) in [5, 5.41) is 15.3. The molecule has 0 saturated carbocycles. The lowest BCUT2D eigenvalue weighted by atomic mass is 10.2. The fraction of sp³-hybridized carbons (Fsp3) is 0.700. The van der Waals surface area contributed by atoms with E-state index in [0.29, 0.717) is 12.1 Å². The minimum absolute atomic E-state index is 0.0453. The van der Waals surface area contributed by atoms with E-state index >= 15 is 0 Å². The second-order valence-electron chi connectivity index (χ2n) is 3.61. The largest absolute Gasteiger partial charge is 0.329 e. The first-order valence-corrected chi connectivity index (χ1v) is 5.85. The average Bonchev–Trinajstić information content (AvgIpc) is 2.58. The molecule has 0 fully saturated rings. The van der Waals surface area contributed by atoms with E-state index in [2.05, 4.69) is 5.10 Å². The Morgan fingerprint density at radius 3 is 2.31 bits per heavy atom. The number of halogens is 1. The van der Waals surface area contributed by atoms with Crippen LogP contribution in [0.1, 0.15) is 45.3 Å². The molecule has 1 heterocycles. The molecule has 90 valence electrons. The van der Waals surface area contributed by atoms with E-state index in [4.69, 9.17) is 11.6 Å². The molecule has 0 aliphatic rings. The van der Waals surface area contributed by atoms with Crippen molar-refractivity contribution in [3.8, 4) is 0 Å². The second-order valence-corrected chi connectivity index (χ2v) is 3.97. The standard InChI is InChI=1S/C10H16ClN3O2/c1-4-7(5-2)13-10(11)9(14(15)16)8(6-3)12-13/h7H,4-6H2,1-3H3. The first kappa shape index (κ1) is 13.0. The summed E-state index contributed by atoms with van der Waals surface area (Å²) in [6.07, 6.45) is 2.24. The molecule has 1 aromatic rings. The highest BCUT2D eigenvalue weighted by Crippen LogP contribution is 2.32. The van der Waals surface area contributed by atoms with Crippen molar-refractivity contribution in [1.29, 1.82) is 0 Å². The van der Waals surface area contributed by atoms with E-state index in [0.717, 1.165) is 12.8 Å². The number of hydrogen-bond acceptors (Lipinski definition) is 3. The summed E-state index contributed by atoms with van der Waals surface area (Å²) >= 11 is 6.01. The van der Waals surface area contributed by atoms with Crippen LogP contribution in [0.3, 0.4) is 0 Å². The third-order valence-electron chi connectivity index (χ3n) is 2.70. The fourth-order valence-electron chi connectivity index (χ4n) is 1.74. The highest BCUT2D eigenvalue weighted by molar-refractivity contribution is 6.31. The highest BCUT2D eigenvalue weighted by Gasteiger charge is 2.27. The van der Waals surface area contributed by atoms with Crippen molar-refractivity contribution in [2.45, 2.75) is 46.1 Å². The van der Waals surface area contributed by atoms with Gasteiger partial charge in [0.25, 0.3) is 0 Å². The maximum Gasteiger partial charge on any atom is 0.329 e. The van der Waals surface area contributed by atoms with Gasteiger partial charge in [0.05, 0.1) is 11.0 Å². The lowest BCUT2D eigenvalue weighted by Crippen LogP contribution is -2.09. The Bertz CT molecular complexity index is 386. The number of aryl methyl sites for hydroxylation is 1. The predicted octanol–water partition coefficient (Wildman–Crippen LogP) is 3.37. The van der Waals surface area contributed by atoms with Crippen molar-refractivity contribution in [3.05, 3.63) is 21.0 Å². The summed E-state index contributed by atoms with van der Waals surface area (Å²) in [6, 6.07) is 0.131. The van der Waals surface area contributed by atoms with Crippen molar-refractivity contribution < 1.29 is 4.92 Å². The Hall–Kier alpha value is -1.10. The van der Waals surface area contributed by atoms with E-state index in [1.165, 1.54) is 0 Å². The van der Waals surface area contributed by atoms with E-state index in [1.54, 1.807) is 4.68 Å². The van der Waals surface area contributed by atoms with Gasteiger partial charge in [0.15, 0.2) is 0 Å². The Kier molecular flexibility index (Phi) is 4.29. The van der Waals surface area contributed by atoms with Crippen LogP contribution in [0.4, 0.5) is 5.69 Å². The lowest BCUT2D eigenvalue weighted by molar-refractivity contribution is -0.385. The van der Waals surface area contributed by atoms with Crippen LogP contribution in [-0.2, 0) is 6.42 Å². The summed E-state index contributed by atoms with van der Waals surface area (Å²) in [5.74, 6) is 0. The van der Waals surface area contributed by atoms with Crippen LogP contribution >= 0.6 is 11.6 Å². The summed E-state index contributed by atoms with van der Waals surface area (Å²) < 4.78 is 1.58. The van der Waals surface area contributed by atoms with Crippen molar-refractivity contribution in [3.63, 3.8) is 0 Å². The van der Waals surface area contributed by atoms with Crippen LogP contribution in [0.15, 0.2) is 0 Å². The van der Waals surface area contributed by atoms with E-state index in [-0.39, 0.29) is 16.9 Å². The summed E-state index contributed by atoms with van der Waals surface area (Å²) in [7, 11) is 0. The minimum atomic E-state index is -0.451. The van der Waals surface area contributed by atoms with Gasteiger partial charge < -0.3 is 0 Å². The molecule has 0 atom stereocenters. The van der Waals surface area contributed by atoms with Gasteiger partial charge in [-0.05, 0) is 19.3 Å². The molecule has 5 nitrogen and oxygen atoms in total. The Morgan fingerprint density at radius 2 is 2.00 bits per heavy atom. The van der Waals surface area contributed by atoms with Crippen molar-refractivity contribution in [2.75, 3.05) is 0 Å². The maximum absolute atomic E-state index is 10.9. The SMILES string of the molecule is CCc1nn(C(CC)CC)c(Cl)c1[N+](=O)[O-]. The molecular formula is C10H16ClN3O2. The molecule has 1 aromatic heterocycles. The predicted molar refractivity (Wildman–Crippen MR) is 62.9 cm³/mol. The van der Waals surface area contributed by atoms with Crippen LogP contribution < -0.4 is 0 Å². The highest BCUT2D eigenvalue weighted by atomic mass is 35.5. The van der Waals surface area contributed by atoms with Gasteiger partial charge in [-0.15, -0.1) is 0 Å². The number of aromatic nitrogens is 2. The Balaban J connectivity index is 3.27. The van der Waals surface area contributed by atoms with Crippen molar-refractivity contribution in [2.24, 2.45) is 0 Å². The van der Waals surface area contributed by atoms with Gasteiger partial charge in [0, 0.05) is 0 Å². The van der Waals surface area contributed by atoms with Gasteiger partial charge >= 0.3 is 5.69 Å². The van der Waals surface area contributed by atoms with Gasteiger partial charge in [-0.3, -0.25) is 10.1 Å². The molecular weight excluding hydrogens is 230 g/mol. The molecule has 0 aliphatic carbocycles. The smallest absolute Gasteiger partial charge is 0.258 e. The molecule has 1 rings (SSSR count). The zero-order valence-electron chi connectivity index (χ0n) is 9.73. The van der Waals surface area contributed by atoms with E-state index in [1.807, 2.05) is 20.8 Å². The molecule has 0 saturated heterocycles. The minimum Gasteiger partial charge on any atom is -0.258 e. The van der Waals surface area contributed by atoms with Crippen LogP contribution in [0.5, 0.6) is 0 Å². The summed E-state index contributed by atoms with van der Waals surface area (Å²) in [4.78, 5) is 10.4. The van der Waals surface area contributed by atoms with Gasteiger partial charge in [-0.1, -0.05) is 32.4 Å².